The summed E-state index contributed by atoms with van der Waals surface area (Å²) in [5.74, 6) is -1.02. The molecule has 0 spiro atoms. The quantitative estimate of drug-likeness (QED) is 0.401. The molecule has 0 saturated carbocycles. The second-order valence-corrected chi connectivity index (χ2v) is 6.30. The van der Waals surface area contributed by atoms with E-state index in [1.54, 1.807) is 0 Å². The minimum Gasteiger partial charge on any atom is -0.377 e. The lowest BCUT2D eigenvalue weighted by atomic mass is 10.1. The van der Waals surface area contributed by atoms with Gasteiger partial charge in [0.05, 0.1) is 10.3 Å². The van der Waals surface area contributed by atoms with E-state index in [2.05, 4.69) is 20.8 Å². The summed E-state index contributed by atoms with van der Waals surface area (Å²) >= 11 is 0. The van der Waals surface area contributed by atoms with Gasteiger partial charge in [0.15, 0.2) is 17.3 Å². The molecule has 0 aliphatic heterocycles. The number of anilines is 2. The van der Waals surface area contributed by atoms with Gasteiger partial charge in [-0.1, -0.05) is 37.3 Å². The van der Waals surface area contributed by atoms with Gasteiger partial charge >= 0.3 is 0 Å². The monoisotopic (exact) mass is 385 g/mol. The lowest BCUT2D eigenvalue weighted by Gasteiger charge is -2.09. The first-order valence-corrected chi connectivity index (χ1v) is 8.93. The molecule has 3 rings (SSSR count). The number of nitro groups is 1. The Morgan fingerprint density at radius 2 is 2.07 bits per heavy atom. The van der Waals surface area contributed by atoms with Crippen molar-refractivity contribution in [2.75, 3.05) is 17.2 Å². The highest BCUT2D eigenvalue weighted by atomic mass is 19.1. The molecule has 2 aromatic carbocycles. The van der Waals surface area contributed by atoms with Crippen LogP contribution in [0.3, 0.4) is 0 Å². The van der Waals surface area contributed by atoms with Crippen LogP contribution in [0.5, 0.6) is 0 Å². The molecule has 146 valence electrons. The van der Waals surface area contributed by atoms with Crippen molar-refractivity contribution < 1.29 is 14.1 Å². The Hall–Kier alpha value is -3.49. The largest absolute Gasteiger partial charge is 0.377 e. The summed E-state index contributed by atoms with van der Waals surface area (Å²) in [6.45, 7) is 2.17. The Kier molecular flexibility index (Phi) is 5.83. The third kappa shape index (κ3) is 4.08. The van der Waals surface area contributed by atoms with Gasteiger partial charge < -0.3 is 10.6 Å². The summed E-state index contributed by atoms with van der Waals surface area (Å²) in [4.78, 5) is 22.6. The SMILES string of the molecule is CCCC(=O)Nc1n[nH]c2c(F)c(NCCc3ccccc3)c([N+](=O)[O-])cc12. The van der Waals surface area contributed by atoms with Crippen molar-refractivity contribution in [1.29, 1.82) is 0 Å². The van der Waals surface area contributed by atoms with Crippen molar-refractivity contribution >= 4 is 34.0 Å². The van der Waals surface area contributed by atoms with Crippen molar-refractivity contribution in [3.8, 4) is 0 Å². The number of rotatable bonds is 8. The average molecular weight is 385 g/mol. The Labute approximate surface area is 160 Å². The molecule has 0 fully saturated rings. The maximum Gasteiger partial charge on any atom is 0.296 e. The van der Waals surface area contributed by atoms with Crippen LogP contribution in [0.1, 0.15) is 25.3 Å². The van der Waals surface area contributed by atoms with E-state index in [-0.39, 0.29) is 34.7 Å². The molecule has 9 heteroatoms. The van der Waals surface area contributed by atoms with E-state index in [1.807, 2.05) is 37.3 Å². The Morgan fingerprint density at radius 3 is 2.75 bits per heavy atom. The van der Waals surface area contributed by atoms with E-state index in [0.29, 0.717) is 19.4 Å². The molecule has 0 bridgehead atoms. The molecule has 0 atom stereocenters. The number of aromatic nitrogens is 2. The molecule has 3 N–H and O–H groups in total. The Balaban J connectivity index is 1.89. The van der Waals surface area contributed by atoms with Gasteiger partial charge in [-0.15, -0.1) is 0 Å². The molecule has 1 heterocycles. The predicted octanol–water partition coefficient (Wildman–Crippen LogP) is 4.00. The van der Waals surface area contributed by atoms with Crippen molar-refractivity contribution in [1.82, 2.24) is 10.2 Å². The number of hydrogen-bond donors (Lipinski definition) is 3. The van der Waals surface area contributed by atoms with E-state index in [4.69, 9.17) is 0 Å². The number of fused-ring (bicyclic) bond motifs is 1. The normalized spacial score (nSPS) is 10.8. The first kappa shape index (κ1) is 19.3. The summed E-state index contributed by atoms with van der Waals surface area (Å²) < 4.78 is 15.0. The third-order valence-electron chi connectivity index (χ3n) is 4.27. The van der Waals surface area contributed by atoms with E-state index in [9.17, 15) is 19.3 Å². The number of benzene rings is 2. The summed E-state index contributed by atoms with van der Waals surface area (Å²) in [5.41, 5.74) is 0.412. The molecule has 0 unspecified atom stereocenters. The zero-order valence-corrected chi connectivity index (χ0v) is 15.3. The van der Waals surface area contributed by atoms with Gasteiger partial charge in [0.25, 0.3) is 5.69 Å². The van der Waals surface area contributed by atoms with Crippen LogP contribution >= 0.6 is 0 Å². The second-order valence-electron chi connectivity index (χ2n) is 6.30. The first-order valence-electron chi connectivity index (χ1n) is 8.93. The standard InChI is InChI=1S/C19H20FN5O3/c1-2-6-15(26)22-19-13-11-14(25(27)28)18(16(20)17(13)23-24-19)21-10-9-12-7-4-3-5-8-12/h3-5,7-8,11,21H,2,6,9-10H2,1H3,(H2,22,23,24,26). The molecule has 1 aromatic heterocycles. The van der Waals surface area contributed by atoms with Crippen molar-refractivity contribution in [3.05, 3.63) is 57.9 Å². The number of H-pyrrole nitrogens is 1. The zero-order valence-electron chi connectivity index (χ0n) is 15.3. The lowest BCUT2D eigenvalue weighted by molar-refractivity contribution is -0.384. The van der Waals surface area contributed by atoms with Crippen LogP contribution in [0.4, 0.5) is 21.6 Å². The number of nitrogens with one attached hydrogen (secondary N) is 3. The molecular formula is C19H20FN5O3. The molecule has 3 aromatic rings. The fourth-order valence-corrected chi connectivity index (χ4v) is 2.91. The molecule has 0 saturated heterocycles. The number of nitrogens with zero attached hydrogens (tertiary/aromatic N) is 2. The highest BCUT2D eigenvalue weighted by molar-refractivity contribution is 6.02. The zero-order chi connectivity index (χ0) is 20.1. The maximum absolute atomic E-state index is 15.0. The molecule has 0 radical (unpaired) electrons. The van der Waals surface area contributed by atoms with Gasteiger partial charge in [0, 0.05) is 19.0 Å². The van der Waals surface area contributed by atoms with Crippen LogP contribution in [0.25, 0.3) is 10.9 Å². The molecule has 28 heavy (non-hydrogen) atoms. The number of carbonyl (C=O) groups is 1. The van der Waals surface area contributed by atoms with E-state index in [0.717, 1.165) is 5.56 Å². The Bertz CT molecular complexity index is 1000. The smallest absolute Gasteiger partial charge is 0.296 e. The van der Waals surface area contributed by atoms with Crippen LogP contribution in [0.15, 0.2) is 36.4 Å². The van der Waals surface area contributed by atoms with Crippen LogP contribution in [0.2, 0.25) is 0 Å². The van der Waals surface area contributed by atoms with Crippen molar-refractivity contribution in [3.63, 3.8) is 0 Å². The third-order valence-corrected chi connectivity index (χ3v) is 4.27. The number of nitro benzene ring substituents is 1. The summed E-state index contributed by atoms with van der Waals surface area (Å²) in [6.07, 6.45) is 1.49. The van der Waals surface area contributed by atoms with Gasteiger partial charge in [0.1, 0.15) is 5.52 Å². The van der Waals surface area contributed by atoms with Gasteiger partial charge in [-0.3, -0.25) is 20.0 Å². The van der Waals surface area contributed by atoms with E-state index in [1.165, 1.54) is 6.07 Å². The summed E-state index contributed by atoms with van der Waals surface area (Å²) in [6, 6.07) is 10.7. The number of hydrogen-bond acceptors (Lipinski definition) is 5. The van der Waals surface area contributed by atoms with Gasteiger partial charge in [-0.2, -0.15) is 5.10 Å². The summed E-state index contributed by atoms with van der Waals surface area (Å²) in [5, 5.41) is 23.4. The first-order chi connectivity index (χ1) is 13.5. The van der Waals surface area contributed by atoms with Gasteiger partial charge in [0.2, 0.25) is 5.91 Å². The van der Waals surface area contributed by atoms with E-state index < -0.39 is 16.4 Å². The van der Waals surface area contributed by atoms with Crippen LogP contribution in [0, 0.1) is 15.9 Å². The van der Waals surface area contributed by atoms with E-state index >= 15 is 0 Å². The predicted molar refractivity (Wildman–Crippen MR) is 105 cm³/mol. The highest BCUT2D eigenvalue weighted by Gasteiger charge is 2.25. The second kappa shape index (κ2) is 8.47. The van der Waals surface area contributed by atoms with Crippen LogP contribution < -0.4 is 10.6 Å². The number of carbonyl (C=O) groups excluding carboxylic acids is 1. The van der Waals surface area contributed by atoms with Crippen LogP contribution in [-0.4, -0.2) is 27.6 Å². The van der Waals surface area contributed by atoms with Crippen molar-refractivity contribution in [2.45, 2.75) is 26.2 Å². The molecule has 0 aliphatic carbocycles. The molecule has 8 nitrogen and oxygen atoms in total. The minimum atomic E-state index is -0.805. The number of amides is 1. The molecule has 0 aliphatic rings. The van der Waals surface area contributed by atoms with Crippen molar-refractivity contribution in [2.24, 2.45) is 0 Å². The Morgan fingerprint density at radius 1 is 1.32 bits per heavy atom. The fraction of sp³-hybridized carbons (Fsp3) is 0.263. The number of halogens is 1. The molecular weight excluding hydrogens is 365 g/mol. The average Bonchev–Trinajstić information content (AvgIpc) is 3.07. The van der Waals surface area contributed by atoms with Gasteiger partial charge in [-0.25, -0.2) is 4.39 Å². The number of aromatic amines is 1. The minimum absolute atomic E-state index is 0.000361. The summed E-state index contributed by atoms with van der Waals surface area (Å²) in [7, 11) is 0. The fourth-order valence-electron chi connectivity index (χ4n) is 2.91. The highest BCUT2D eigenvalue weighted by Crippen LogP contribution is 2.36. The molecule has 1 amide bonds. The lowest BCUT2D eigenvalue weighted by Crippen LogP contribution is -2.11. The van der Waals surface area contributed by atoms with Gasteiger partial charge in [-0.05, 0) is 18.4 Å². The maximum atomic E-state index is 15.0. The van der Waals surface area contributed by atoms with Crippen LogP contribution in [-0.2, 0) is 11.2 Å². The topological polar surface area (TPSA) is 113 Å².